The maximum atomic E-state index is 5.31. The van der Waals surface area contributed by atoms with Gasteiger partial charge in [-0.3, -0.25) is 4.98 Å². The van der Waals surface area contributed by atoms with E-state index in [4.69, 9.17) is 4.74 Å². The second-order valence-corrected chi connectivity index (χ2v) is 7.27. The average molecular weight is 322 g/mol. The Labute approximate surface area is 144 Å². The number of hydrogen-bond donors (Lipinski definition) is 1. The van der Waals surface area contributed by atoms with E-state index < -0.39 is 0 Å². The molecule has 0 spiro atoms. The quantitative estimate of drug-likeness (QED) is 0.901. The largest absolute Gasteiger partial charge is 0.497 e. The Balaban J connectivity index is 1.50. The maximum absolute atomic E-state index is 5.31. The predicted molar refractivity (Wildman–Crippen MR) is 96.2 cm³/mol. The van der Waals surface area contributed by atoms with Crippen molar-refractivity contribution in [3.8, 4) is 5.75 Å². The monoisotopic (exact) mass is 322 g/mol. The standard InChI is InChI=1S/C21H26N2O/c1-14-12-22-11-10-16(14)13-23-21-19-5-3-4-18(19)20(21)15-6-8-17(24-2)9-7-15/h6-12,18-21,23H,3-5,13H2,1-2H3/t18-,19+,20+,21+/m0/s1. The molecule has 3 heteroatoms. The number of aryl methyl sites for hydroxylation is 1. The molecule has 1 heterocycles. The zero-order valence-corrected chi connectivity index (χ0v) is 14.5. The molecule has 126 valence electrons. The zero-order chi connectivity index (χ0) is 16.5. The van der Waals surface area contributed by atoms with Gasteiger partial charge in [0.15, 0.2) is 0 Å². The Morgan fingerprint density at radius 2 is 1.92 bits per heavy atom. The van der Waals surface area contributed by atoms with Gasteiger partial charge in [0.1, 0.15) is 5.75 Å². The van der Waals surface area contributed by atoms with Crippen molar-refractivity contribution >= 4 is 0 Å². The summed E-state index contributed by atoms with van der Waals surface area (Å²) in [6.07, 6.45) is 7.99. The van der Waals surface area contributed by atoms with Gasteiger partial charge < -0.3 is 10.1 Å². The normalized spacial score (nSPS) is 28.2. The van der Waals surface area contributed by atoms with Crippen molar-refractivity contribution in [3.05, 3.63) is 59.4 Å². The fourth-order valence-corrected chi connectivity index (χ4v) is 4.78. The number of benzene rings is 1. The van der Waals surface area contributed by atoms with Crippen LogP contribution < -0.4 is 10.1 Å². The SMILES string of the molecule is COc1ccc([C@@H]2[C@H]3CCC[C@H]3[C@H]2NCc2ccncc2C)cc1. The fraction of sp³-hybridized carbons (Fsp3) is 0.476. The summed E-state index contributed by atoms with van der Waals surface area (Å²) >= 11 is 0. The summed E-state index contributed by atoms with van der Waals surface area (Å²) < 4.78 is 5.31. The molecule has 1 aromatic heterocycles. The molecule has 0 bridgehead atoms. The Morgan fingerprint density at radius 1 is 1.12 bits per heavy atom. The number of aromatic nitrogens is 1. The molecule has 0 unspecified atom stereocenters. The molecule has 0 amide bonds. The number of ether oxygens (including phenoxy) is 1. The van der Waals surface area contributed by atoms with E-state index in [1.54, 1.807) is 7.11 Å². The highest BCUT2D eigenvalue weighted by Gasteiger charge is 2.52. The number of hydrogen-bond acceptors (Lipinski definition) is 3. The van der Waals surface area contributed by atoms with Crippen LogP contribution >= 0.6 is 0 Å². The third-order valence-corrected chi connectivity index (χ3v) is 6.10. The van der Waals surface area contributed by atoms with Gasteiger partial charge in [-0.05, 0) is 66.5 Å². The average Bonchev–Trinajstić information content (AvgIpc) is 3.01. The molecule has 1 N–H and O–H groups in total. The van der Waals surface area contributed by atoms with E-state index in [0.717, 1.165) is 24.1 Å². The van der Waals surface area contributed by atoms with Gasteiger partial charge in [-0.15, -0.1) is 0 Å². The molecular formula is C21H26N2O. The summed E-state index contributed by atoms with van der Waals surface area (Å²) in [5, 5.41) is 3.87. The van der Waals surface area contributed by atoms with E-state index in [0.29, 0.717) is 12.0 Å². The van der Waals surface area contributed by atoms with Gasteiger partial charge >= 0.3 is 0 Å². The number of fused-ring (bicyclic) bond motifs is 1. The third kappa shape index (κ3) is 2.71. The van der Waals surface area contributed by atoms with Crippen molar-refractivity contribution in [2.45, 2.75) is 44.7 Å². The molecule has 0 saturated heterocycles. The molecule has 2 aromatic rings. The molecule has 2 aliphatic carbocycles. The molecule has 2 fully saturated rings. The van der Waals surface area contributed by atoms with Gasteiger partial charge in [0.05, 0.1) is 7.11 Å². The molecule has 4 rings (SSSR count). The van der Waals surface area contributed by atoms with Gasteiger partial charge in [0, 0.05) is 30.9 Å². The lowest BCUT2D eigenvalue weighted by atomic mass is 9.60. The smallest absolute Gasteiger partial charge is 0.118 e. The lowest BCUT2D eigenvalue weighted by Gasteiger charge is -2.50. The second kappa shape index (κ2) is 6.56. The first-order valence-corrected chi connectivity index (χ1v) is 9.05. The lowest BCUT2D eigenvalue weighted by molar-refractivity contribution is 0.0940. The van der Waals surface area contributed by atoms with E-state index in [1.807, 2.05) is 12.4 Å². The van der Waals surface area contributed by atoms with E-state index in [9.17, 15) is 0 Å². The molecule has 3 nitrogen and oxygen atoms in total. The molecule has 0 radical (unpaired) electrons. The van der Waals surface area contributed by atoms with E-state index >= 15 is 0 Å². The summed E-state index contributed by atoms with van der Waals surface area (Å²) in [7, 11) is 1.73. The van der Waals surface area contributed by atoms with E-state index in [-0.39, 0.29) is 0 Å². The van der Waals surface area contributed by atoms with Crippen molar-refractivity contribution in [1.82, 2.24) is 10.3 Å². The predicted octanol–water partition coefficient (Wildman–Crippen LogP) is 4.07. The van der Waals surface area contributed by atoms with Crippen LogP contribution in [0, 0.1) is 18.8 Å². The summed E-state index contributed by atoms with van der Waals surface area (Å²) in [6.45, 7) is 3.08. The van der Waals surface area contributed by atoms with Crippen LogP contribution in [0.25, 0.3) is 0 Å². The third-order valence-electron chi connectivity index (χ3n) is 6.10. The summed E-state index contributed by atoms with van der Waals surface area (Å²) in [4.78, 5) is 4.20. The van der Waals surface area contributed by atoms with Crippen molar-refractivity contribution in [2.75, 3.05) is 7.11 Å². The van der Waals surface area contributed by atoms with Crippen LogP contribution in [0.4, 0.5) is 0 Å². The molecule has 2 aliphatic rings. The van der Waals surface area contributed by atoms with Crippen LogP contribution in [0.2, 0.25) is 0 Å². The number of methoxy groups -OCH3 is 1. The minimum Gasteiger partial charge on any atom is -0.497 e. The van der Waals surface area contributed by atoms with Gasteiger partial charge in [0.2, 0.25) is 0 Å². The lowest BCUT2D eigenvalue weighted by Crippen LogP contribution is -2.54. The first-order chi connectivity index (χ1) is 11.8. The highest BCUT2D eigenvalue weighted by Crippen LogP contribution is 2.56. The number of pyridine rings is 1. The summed E-state index contributed by atoms with van der Waals surface area (Å²) in [5.74, 6) is 3.29. The van der Waals surface area contributed by atoms with Crippen LogP contribution in [0.1, 0.15) is 41.9 Å². The van der Waals surface area contributed by atoms with Crippen LogP contribution in [0.5, 0.6) is 5.75 Å². The Hall–Kier alpha value is -1.87. The minimum absolute atomic E-state index is 0.596. The first kappa shape index (κ1) is 15.6. The van der Waals surface area contributed by atoms with Gasteiger partial charge in [0.25, 0.3) is 0 Å². The first-order valence-electron chi connectivity index (χ1n) is 9.05. The van der Waals surface area contributed by atoms with Gasteiger partial charge in [-0.25, -0.2) is 0 Å². The molecular weight excluding hydrogens is 296 g/mol. The van der Waals surface area contributed by atoms with Crippen molar-refractivity contribution in [2.24, 2.45) is 11.8 Å². The highest BCUT2D eigenvalue weighted by atomic mass is 16.5. The molecule has 2 saturated carbocycles. The Kier molecular flexibility index (Phi) is 4.28. The van der Waals surface area contributed by atoms with Gasteiger partial charge in [-0.2, -0.15) is 0 Å². The second-order valence-electron chi connectivity index (χ2n) is 7.27. The number of rotatable bonds is 5. The zero-order valence-electron chi connectivity index (χ0n) is 14.5. The van der Waals surface area contributed by atoms with Crippen molar-refractivity contribution < 1.29 is 4.74 Å². The molecule has 24 heavy (non-hydrogen) atoms. The number of nitrogens with one attached hydrogen (secondary N) is 1. The van der Waals surface area contributed by atoms with Crippen molar-refractivity contribution in [3.63, 3.8) is 0 Å². The number of nitrogens with zero attached hydrogens (tertiary/aromatic N) is 1. The van der Waals surface area contributed by atoms with Crippen LogP contribution in [-0.2, 0) is 6.54 Å². The summed E-state index contributed by atoms with van der Waals surface area (Å²) in [6, 6.07) is 11.4. The molecule has 4 atom stereocenters. The summed E-state index contributed by atoms with van der Waals surface area (Å²) in [5.41, 5.74) is 4.09. The van der Waals surface area contributed by atoms with Crippen LogP contribution in [0.15, 0.2) is 42.7 Å². The Bertz CT molecular complexity index is 697. The minimum atomic E-state index is 0.596. The van der Waals surface area contributed by atoms with E-state index in [1.165, 1.54) is 36.0 Å². The topological polar surface area (TPSA) is 34.1 Å². The van der Waals surface area contributed by atoms with E-state index in [2.05, 4.69) is 47.6 Å². The van der Waals surface area contributed by atoms with Crippen LogP contribution in [0.3, 0.4) is 0 Å². The Morgan fingerprint density at radius 3 is 2.67 bits per heavy atom. The molecule has 0 aliphatic heterocycles. The van der Waals surface area contributed by atoms with Gasteiger partial charge in [-0.1, -0.05) is 18.6 Å². The van der Waals surface area contributed by atoms with Crippen molar-refractivity contribution in [1.29, 1.82) is 0 Å². The fourth-order valence-electron chi connectivity index (χ4n) is 4.78. The maximum Gasteiger partial charge on any atom is 0.118 e. The molecule has 1 aromatic carbocycles. The highest BCUT2D eigenvalue weighted by molar-refractivity contribution is 5.34. The van der Waals surface area contributed by atoms with Crippen LogP contribution in [-0.4, -0.2) is 18.1 Å².